The van der Waals surface area contributed by atoms with Crippen LogP contribution in [0.4, 0.5) is 5.69 Å². The van der Waals surface area contributed by atoms with Crippen LogP contribution in [-0.4, -0.2) is 37.6 Å². The van der Waals surface area contributed by atoms with Crippen molar-refractivity contribution in [2.24, 2.45) is 0 Å². The van der Waals surface area contributed by atoms with Gasteiger partial charge in [-0.2, -0.15) is 4.98 Å². The van der Waals surface area contributed by atoms with Crippen LogP contribution in [-0.2, 0) is 9.53 Å². The number of fused-ring (bicyclic) bond motifs is 2. The summed E-state index contributed by atoms with van der Waals surface area (Å²) in [5, 5.41) is 8.95. The molecule has 0 aliphatic rings. The number of aromatic nitrogens is 4. The Bertz CT molecular complexity index is 1250. The van der Waals surface area contributed by atoms with Crippen LogP contribution in [0, 0.1) is 13.8 Å². The molecule has 0 unspecified atom stereocenters. The summed E-state index contributed by atoms with van der Waals surface area (Å²) >= 11 is 0. The summed E-state index contributed by atoms with van der Waals surface area (Å²) in [4.78, 5) is 33.2. The van der Waals surface area contributed by atoms with E-state index in [0.717, 1.165) is 22.2 Å². The second-order valence-electron chi connectivity index (χ2n) is 6.78. The maximum Gasteiger partial charge on any atom is 0.379 e. The Kier molecular flexibility index (Phi) is 4.67. The third-order valence-electron chi connectivity index (χ3n) is 4.47. The van der Waals surface area contributed by atoms with Crippen molar-refractivity contribution in [3.63, 3.8) is 0 Å². The average molecular weight is 389 g/mol. The average Bonchev–Trinajstić information content (AvgIpc) is 3.12. The van der Waals surface area contributed by atoms with Gasteiger partial charge in [-0.25, -0.2) is 14.3 Å². The molecule has 0 saturated heterocycles. The Labute approximate surface area is 166 Å². The Morgan fingerprint density at radius 2 is 1.79 bits per heavy atom. The highest BCUT2D eigenvalue weighted by molar-refractivity contribution is 5.98. The Morgan fingerprint density at radius 1 is 1.03 bits per heavy atom. The van der Waals surface area contributed by atoms with Crippen molar-refractivity contribution in [1.29, 1.82) is 0 Å². The molecule has 0 saturated carbocycles. The van der Waals surface area contributed by atoms with Crippen LogP contribution in [0.2, 0.25) is 0 Å². The van der Waals surface area contributed by atoms with E-state index in [2.05, 4.69) is 20.4 Å². The molecule has 2 heterocycles. The van der Waals surface area contributed by atoms with Crippen molar-refractivity contribution in [1.82, 2.24) is 19.6 Å². The van der Waals surface area contributed by atoms with E-state index in [4.69, 9.17) is 4.74 Å². The van der Waals surface area contributed by atoms with Crippen molar-refractivity contribution in [3.05, 3.63) is 65.7 Å². The van der Waals surface area contributed by atoms with Crippen LogP contribution < -0.4 is 5.32 Å². The topological polar surface area (TPSA) is 98.5 Å². The zero-order chi connectivity index (χ0) is 20.5. The van der Waals surface area contributed by atoms with Gasteiger partial charge in [-0.05, 0) is 49.7 Å². The fourth-order valence-corrected chi connectivity index (χ4v) is 3.03. The van der Waals surface area contributed by atoms with Gasteiger partial charge in [0.15, 0.2) is 6.10 Å². The molecule has 29 heavy (non-hydrogen) atoms. The number of esters is 1. The molecule has 2 aromatic carbocycles. The number of carbonyl (C=O) groups excluding carboxylic acids is 2. The second kappa shape index (κ2) is 7.31. The molecule has 4 aromatic rings. The maximum absolute atomic E-state index is 12.4. The quantitative estimate of drug-likeness (QED) is 0.539. The number of nitrogens with zero attached hydrogens (tertiary/aromatic N) is 4. The van der Waals surface area contributed by atoms with E-state index in [1.807, 2.05) is 56.3 Å². The number of nitrogens with one attached hydrogen (secondary N) is 1. The minimum absolute atomic E-state index is 0.142. The number of ether oxygens (including phenoxy) is 1. The minimum atomic E-state index is -1.02. The predicted molar refractivity (Wildman–Crippen MR) is 108 cm³/mol. The molecular weight excluding hydrogens is 370 g/mol. The fourth-order valence-electron chi connectivity index (χ4n) is 3.03. The van der Waals surface area contributed by atoms with Gasteiger partial charge in [0.25, 0.3) is 17.5 Å². The Hall–Kier alpha value is -3.81. The minimum Gasteiger partial charge on any atom is -0.447 e. The molecule has 1 N–H and O–H groups in total. The number of hydrogen-bond acceptors (Lipinski definition) is 6. The molecule has 0 spiro atoms. The molecule has 0 aliphatic heterocycles. The van der Waals surface area contributed by atoms with E-state index in [1.165, 1.54) is 11.4 Å². The van der Waals surface area contributed by atoms with Crippen molar-refractivity contribution >= 4 is 34.1 Å². The lowest BCUT2D eigenvalue weighted by Gasteiger charge is -2.13. The zero-order valence-corrected chi connectivity index (χ0v) is 16.2. The van der Waals surface area contributed by atoms with Crippen LogP contribution >= 0.6 is 0 Å². The van der Waals surface area contributed by atoms with Gasteiger partial charge in [0.05, 0.1) is 0 Å². The van der Waals surface area contributed by atoms with Crippen LogP contribution in [0.3, 0.4) is 0 Å². The zero-order valence-electron chi connectivity index (χ0n) is 16.2. The smallest absolute Gasteiger partial charge is 0.379 e. The van der Waals surface area contributed by atoms with Gasteiger partial charge in [-0.1, -0.05) is 30.3 Å². The lowest BCUT2D eigenvalue weighted by Crippen LogP contribution is -2.30. The van der Waals surface area contributed by atoms with Crippen LogP contribution in [0.1, 0.15) is 28.9 Å². The molecule has 1 atom stereocenters. The fraction of sp³-hybridized carbons (Fsp3) is 0.190. The first-order valence-corrected chi connectivity index (χ1v) is 9.12. The van der Waals surface area contributed by atoms with Crippen LogP contribution in [0.25, 0.3) is 16.6 Å². The first-order valence-electron chi connectivity index (χ1n) is 9.12. The normalized spacial score (nSPS) is 12.1. The Morgan fingerprint density at radius 3 is 2.59 bits per heavy atom. The van der Waals surface area contributed by atoms with Crippen LogP contribution in [0.5, 0.6) is 0 Å². The summed E-state index contributed by atoms with van der Waals surface area (Å²) in [6, 6.07) is 15.2. The van der Waals surface area contributed by atoms with Crippen molar-refractivity contribution in [2.75, 3.05) is 5.32 Å². The highest BCUT2D eigenvalue weighted by atomic mass is 16.5. The van der Waals surface area contributed by atoms with E-state index in [1.54, 1.807) is 6.07 Å². The third-order valence-corrected chi connectivity index (χ3v) is 4.47. The van der Waals surface area contributed by atoms with Crippen molar-refractivity contribution < 1.29 is 14.3 Å². The maximum atomic E-state index is 12.4. The lowest BCUT2D eigenvalue weighted by atomic mass is 10.1. The van der Waals surface area contributed by atoms with Gasteiger partial charge in [-0.3, -0.25) is 4.79 Å². The largest absolute Gasteiger partial charge is 0.447 e. The third kappa shape index (κ3) is 3.77. The molecular formula is C21H19N5O3. The number of anilines is 1. The highest BCUT2D eigenvalue weighted by Gasteiger charge is 2.23. The molecule has 2 aromatic heterocycles. The molecule has 146 valence electrons. The summed E-state index contributed by atoms with van der Waals surface area (Å²) in [5.74, 6) is -1.06. The number of amides is 1. The van der Waals surface area contributed by atoms with E-state index in [9.17, 15) is 9.59 Å². The first-order chi connectivity index (χ1) is 13.9. The number of rotatable bonds is 4. The molecule has 0 bridgehead atoms. The number of benzene rings is 2. The number of hydrogen-bond donors (Lipinski definition) is 1. The van der Waals surface area contributed by atoms with Gasteiger partial charge in [0, 0.05) is 17.1 Å². The Balaban J connectivity index is 1.46. The van der Waals surface area contributed by atoms with E-state index >= 15 is 0 Å². The first kappa shape index (κ1) is 18.5. The van der Waals surface area contributed by atoms with E-state index in [0.29, 0.717) is 11.5 Å². The van der Waals surface area contributed by atoms with Gasteiger partial charge in [-0.15, -0.1) is 5.10 Å². The predicted octanol–water partition coefficient (Wildman–Crippen LogP) is 3.08. The molecule has 8 nitrogen and oxygen atoms in total. The molecule has 0 radical (unpaired) electrons. The lowest BCUT2D eigenvalue weighted by molar-refractivity contribution is -0.123. The van der Waals surface area contributed by atoms with E-state index < -0.39 is 18.0 Å². The van der Waals surface area contributed by atoms with Crippen molar-refractivity contribution in [2.45, 2.75) is 26.9 Å². The standard InChI is InChI=1S/C21H19N5O3/c1-12-10-13(2)26-21(22-12)24-18(25-26)20(28)29-14(3)19(27)23-17-9-8-15-6-4-5-7-16(15)11-17/h4-11,14H,1-3H3,(H,23,27)/t14-/m1/s1. The number of carbonyl (C=O) groups is 2. The van der Waals surface area contributed by atoms with Gasteiger partial charge >= 0.3 is 5.97 Å². The van der Waals surface area contributed by atoms with Crippen LogP contribution in [0.15, 0.2) is 48.5 Å². The second-order valence-corrected chi connectivity index (χ2v) is 6.78. The molecule has 0 fully saturated rings. The van der Waals surface area contributed by atoms with Crippen molar-refractivity contribution in [3.8, 4) is 0 Å². The highest BCUT2D eigenvalue weighted by Crippen LogP contribution is 2.19. The van der Waals surface area contributed by atoms with Gasteiger partial charge in [0.1, 0.15) is 0 Å². The monoisotopic (exact) mass is 389 g/mol. The molecule has 4 rings (SSSR count). The molecule has 0 aliphatic carbocycles. The molecule has 8 heteroatoms. The summed E-state index contributed by atoms with van der Waals surface area (Å²) in [6.07, 6.45) is -1.02. The van der Waals surface area contributed by atoms with Gasteiger partial charge in [0.2, 0.25) is 0 Å². The van der Waals surface area contributed by atoms with Gasteiger partial charge < -0.3 is 10.1 Å². The van der Waals surface area contributed by atoms with E-state index in [-0.39, 0.29) is 5.82 Å². The summed E-state index contributed by atoms with van der Waals surface area (Å²) in [7, 11) is 0. The number of aryl methyl sites for hydroxylation is 2. The SMILES string of the molecule is Cc1cc(C)n2nc(C(=O)O[C@H](C)C(=O)Nc3ccc4ccccc4c3)nc2n1. The summed E-state index contributed by atoms with van der Waals surface area (Å²) in [6.45, 7) is 5.17. The summed E-state index contributed by atoms with van der Waals surface area (Å²) in [5.41, 5.74) is 2.18. The molecule has 1 amide bonds. The summed E-state index contributed by atoms with van der Waals surface area (Å²) < 4.78 is 6.70.